The van der Waals surface area contributed by atoms with E-state index in [1.165, 1.54) is 0 Å². The van der Waals surface area contributed by atoms with E-state index in [4.69, 9.17) is 24.4 Å². The minimum Gasteiger partial charge on any atom is -0.367 e. The third-order valence-electron chi connectivity index (χ3n) is 18.1. The molecule has 3 aliphatic carbocycles. The Labute approximate surface area is 480 Å². The molecule has 6 amide bonds. The van der Waals surface area contributed by atoms with Crippen molar-refractivity contribution in [3.05, 3.63) is 70.8 Å². The van der Waals surface area contributed by atoms with Gasteiger partial charge in [-0.15, -0.1) is 23.5 Å². The third kappa shape index (κ3) is 12.1. The highest BCUT2D eigenvalue weighted by molar-refractivity contribution is 8.00. The molecule has 1 saturated carbocycles. The quantitative estimate of drug-likeness (QED) is 0.113. The predicted octanol–water partition coefficient (Wildman–Crippen LogP) is 5.34. The summed E-state index contributed by atoms with van der Waals surface area (Å²) in [5.74, 6) is -0.553. The molecule has 4 aliphatic heterocycles. The molecule has 12 atom stereocenters. The SMILES string of the molecule is CN[C@@H](C)C(=S)N[C@H]1CCS[C@H]2CC(C)(C)[C@@H](C(=O)NC3c4ccccc4CC[C@H]3C(=O)N[C@H]3CC[C@H](NC(=O)[C@@H]4CCc5ccccc5[C@@H]4NC(=O)[C@H]4N5C(=O)[C@@H](NC(=S)[C@H](C)NC)CCS[C@H]5CC4(C)C)CC3)N2C1=O. The van der Waals surface area contributed by atoms with Gasteiger partial charge >= 0.3 is 0 Å². The number of fused-ring (bicyclic) bond motifs is 4. The summed E-state index contributed by atoms with van der Waals surface area (Å²) in [4.78, 5) is 92.7. The molecule has 424 valence electrons. The van der Waals surface area contributed by atoms with Crippen LogP contribution in [-0.4, -0.2) is 140 Å². The van der Waals surface area contributed by atoms with Crippen LogP contribution in [0.5, 0.6) is 0 Å². The minimum absolute atomic E-state index is 0.112. The highest BCUT2D eigenvalue weighted by Gasteiger charge is 2.57. The van der Waals surface area contributed by atoms with Crippen LogP contribution < -0.4 is 42.5 Å². The van der Waals surface area contributed by atoms with E-state index in [0.717, 1.165) is 33.8 Å². The van der Waals surface area contributed by atoms with E-state index in [0.29, 0.717) is 87.0 Å². The summed E-state index contributed by atoms with van der Waals surface area (Å²) in [6.07, 6.45) is 7.68. The van der Waals surface area contributed by atoms with Gasteiger partial charge in [0, 0.05) is 12.1 Å². The number of thioether (sulfide) groups is 2. The van der Waals surface area contributed by atoms with Gasteiger partial charge in [0.15, 0.2) is 0 Å². The molecule has 0 bridgehead atoms. The lowest BCUT2D eigenvalue weighted by Gasteiger charge is -2.39. The molecule has 9 rings (SSSR count). The normalized spacial score (nSPS) is 31.8. The van der Waals surface area contributed by atoms with Crippen LogP contribution in [0.25, 0.3) is 0 Å². The topological polar surface area (TPSA) is 205 Å². The molecule has 2 aromatic rings. The number of rotatable bonds is 14. The molecule has 4 heterocycles. The molecule has 5 fully saturated rings. The van der Waals surface area contributed by atoms with Crippen molar-refractivity contribution in [1.29, 1.82) is 0 Å². The third-order valence-corrected chi connectivity index (χ3v) is 21.5. The van der Waals surface area contributed by atoms with E-state index in [2.05, 4.69) is 82.4 Å². The summed E-state index contributed by atoms with van der Waals surface area (Å²) < 4.78 is 0. The van der Waals surface area contributed by atoms with Gasteiger partial charge in [-0.05, 0) is 150 Å². The van der Waals surface area contributed by atoms with Gasteiger partial charge < -0.3 is 52.3 Å². The van der Waals surface area contributed by atoms with Gasteiger partial charge in [0.05, 0.1) is 56.7 Å². The number of amides is 6. The maximum Gasteiger partial charge on any atom is 0.246 e. The number of hydrogen-bond donors (Lipinski definition) is 8. The molecule has 8 N–H and O–H groups in total. The number of aryl methyl sites for hydroxylation is 2. The molecule has 0 radical (unpaired) electrons. The fraction of sp³-hybridized carbons (Fsp3) is 0.655. The van der Waals surface area contributed by atoms with Gasteiger partial charge in [0.25, 0.3) is 0 Å². The highest BCUT2D eigenvalue weighted by atomic mass is 32.2. The van der Waals surface area contributed by atoms with Gasteiger partial charge in [-0.2, -0.15) is 0 Å². The fourth-order valence-electron chi connectivity index (χ4n) is 13.5. The second kappa shape index (κ2) is 24.4. The molecule has 20 heteroatoms. The molecule has 0 spiro atoms. The van der Waals surface area contributed by atoms with Crippen LogP contribution in [-0.2, 0) is 41.6 Å². The maximum absolute atomic E-state index is 14.9. The zero-order valence-electron chi connectivity index (χ0n) is 46.6. The number of nitrogens with zero attached hydrogens (tertiary/aromatic N) is 2. The van der Waals surface area contributed by atoms with E-state index < -0.39 is 58.9 Å². The molecule has 1 unspecified atom stereocenters. The highest BCUT2D eigenvalue weighted by Crippen LogP contribution is 2.49. The number of nitrogens with one attached hydrogen (secondary N) is 8. The maximum atomic E-state index is 14.9. The van der Waals surface area contributed by atoms with Gasteiger partial charge in [-0.1, -0.05) is 101 Å². The number of carbonyl (C=O) groups is 6. The van der Waals surface area contributed by atoms with Crippen molar-refractivity contribution in [2.75, 3.05) is 25.6 Å². The zero-order chi connectivity index (χ0) is 55.8. The van der Waals surface area contributed by atoms with Crippen LogP contribution in [0.2, 0.25) is 0 Å². The first-order valence-corrected chi connectivity index (χ1v) is 31.3. The van der Waals surface area contributed by atoms with Crippen molar-refractivity contribution in [2.24, 2.45) is 22.7 Å². The predicted molar refractivity (Wildman–Crippen MR) is 316 cm³/mol. The first-order chi connectivity index (χ1) is 37.2. The number of benzene rings is 2. The van der Waals surface area contributed by atoms with E-state index in [1.54, 1.807) is 33.3 Å². The smallest absolute Gasteiger partial charge is 0.246 e. The van der Waals surface area contributed by atoms with E-state index in [9.17, 15) is 28.8 Å². The van der Waals surface area contributed by atoms with Crippen molar-refractivity contribution in [3.63, 3.8) is 0 Å². The summed E-state index contributed by atoms with van der Waals surface area (Å²) in [6, 6.07) is 11.8. The Morgan fingerprint density at radius 3 is 1.28 bits per heavy atom. The van der Waals surface area contributed by atoms with Crippen LogP contribution in [0.1, 0.15) is 140 Å². The molecular weight excluding hydrogens is 1060 g/mol. The van der Waals surface area contributed by atoms with Crippen LogP contribution >= 0.6 is 48.0 Å². The molecular formula is C58H82N10O6S4. The molecule has 16 nitrogen and oxygen atoms in total. The standard InChI is InChI=1S/C58H82N10O6S4/c1-31(59-7)53(75)63-41-25-27-77-43-29-57(3,4)47(67(43)55(41)73)51(71)65-45-37-15-11-9-13-33(37)17-23-39(45)49(69)61-35-19-21-36(22-20-35)62-50(70)40-24-18-34-14-10-12-16-38(34)46(40)66-52(72)48-58(5,6)30-44-68(48)56(74)42(26-28-78-44)64-54(76)32(2)60-8/h9-16,31-32,35-36,39-48,59-60H,17-30H2,1-8H3,(H,61,69)(H,62,70)(H,63,75)(H,64,76)(H,65,71)(H,66,72)/t31-,32-,35-,36-,39+,40+,41-,42-,43-,44-,45-,46?,47+,48+/m0/s1. The summed E-state index contributed by atoms with van der Waals surface area (Å²) in [5.41, 5.74) is 2.98. The van der Waals surface area contributed by atoms with E-state index in [-0.39, 0.29) is 70.4 Å². The van der Waals surface area contributed by atoms with Crippen molar-refractivity contribution >= 4 is 93.4 Å². The fourth-order valence-corrected chi connectivity index (χ4v) is 17.1. The Hall–Kier alpha value is -4.34. The lowest BCUT2D eigenvalue weighted by molar-refractivity contribution is -0.143. The monoisotopic (exact) mass is 1140 g/mol. The lowest BCUT2D eigenvalue weighted by atomic mass is 9.77. The Balaban J connectivity index is 0.846. The molecule has 0 aromatic heterocycles. The summed E-state index contributed by atoms with van der Waals surface area (Å²) >= 11 is 14.7. The minimum atomic E-state index is -0.747. The van der Waals surface area contributed by atoms with Crippen molar-refractivity contribution in [2.45, 2.75) is 190 Å². The molecule has 4 saturated heterocycles. The Morgan fingerprint density at radius 2 is 0.910 bits per heavy atom. The average molecular weight is 1140 g/mol. The average Bonchev–Trinajstić information content (AvgIpc) is 3.84. The van der Waals surface area contributed by atoms with E-state index >= 15 is 0 Å². The Bertz CT molecular complexity index is 2450. The van der Waals surface area contributed by atoms with Gasteiger partial charge in [0.1, 0.15) is 24.2 Å². The first-order valence-electron chi connectivity index (χ1n) is 28.4. The largest absolute Gasteiger partial charge is 0.367 e. The summed E-state index contributed by atoms with van der Waals surface area (Å²) in [6.45, 7) is 12.1. The number of likely N-dealkylation sites (N-methyl/N-ethyl adjacent to an activating group) is 2. The zero-order valence-corrected chi connectivity index (χ0v) is 49.8. The molecule has 7 aliphatic rings. The lowest BCUT2D eigenvalue weighted by Crippen LogP contribution is -2.58. The van der Waals surface area contributed by atoms with Gasteiger partial charge in [-0.25, -0.2) is 0 Å². The van der Waals surface area contributed by atoms with Gasteiger partial charge in [-0.3, -0.25) is 28.8 Å². The number of hydrogen-bond acceptors (Lipinski definition) is 12. The second-order valence-corrected chi connectivity index (χ2v) is 27.7. The van der Waals surface area contributed by atoms with Crippen molar-refractivity contribution in [3.8, 4) is 0 Å². The summed E-state index contributed by atoms with van der Waals surface area (Å²) in [5, 5.41) is 26.1. The Kier molecular flexibility index (Phi) is 18.2. The number of carbonyl (C=O) groups excluding carboxylic acids is 6. The number of thiocarbonyl (C=S) groups is 2. The summed E-state index contributed by atoms with van der Waals surface area (Å²) in [7, 11) is 3.66. The van der Waals surface area contributed by atoms with Gasteiger partial charge in [0.2, 0.25) is 35.4 Å². The van der Waals surface area contributed by atoms with Crippen molar-refractivity contribution < 1.29 is 28.8 Å². The molecule has 2 aromatic carbocycles. The molecule has 78 heavy (non-hydrogen) atoms. The van der Waals surface area contributed by atoms with Crippen LogP contribution in [0.4, 0.5) is 0 Å². The van der Waals surface area contributed by atoms with Crippen LogP contribution in [0.15, 0.2) is 48.5 Å². The Morgan fingerprint density at radius 1 is 0.538 bits per heavy atom. The first kappa shape index (κ1) is 58.3. The second-order valence-electron chi connectivity index (χ2n) is 24.3. The van der Waals surface area contributed by atoms with Crippen LogP contribution in [0.3, 0.4) is 0 Å². The van der Waals surface area contributed by atoms with E-state index in [1.807, 2.05) is 64.3 Å². The van der Waals surface area contributed by atoms with Crippen LogP contribution in [0, 0.1) is 22.7 Å². The van der Waals surface area contributed by atoms with Crippen molar-refractivity contribution in [1.82, 2.24) is 52.3 Å².